The van der Waals surface area contributed by atoms with E-state index in [1.54, 1.807) is 26.0 Å². The van der Waals surface area contributed by atoms with Gasteiger partial charge in [0.05, 0.1) is 6.10 Å². The van der Waals surface area contributed by atoms with Crippen LogP contribution in [0, 0.1) is 0 Å². The molecular formula is C33H35NO10. The summed E-state index contributed by atoms with van der Waals surface area (Å²) < 4.78 is 16.5. The van der Waals surface area contributed by atoms with Gasteiger partial charge in [-0.05, 0) is 61.6 Å². The van der Waals surface area contributed by atoms with Gasteiger partial charge < -0.3 is 34.4 Å². The summed E-state index contributed by atoms with van der Waals surface area (Å²) in [5.41, 5.74) is 1.87. The highest BCUT2D eigenvalue weighted by Crippen LogP contribution is 2.36. The fourth-order valence-electron chi connectivity index (χ4n) is 5.37. The standard InChI is InChI=1S/C33H35NO10/c1-3-27-29(44-33(43-27,31(38)39)32(40)41)30(37)34(20-28(35)36)21(2)26(19-14-22-10-6-4-7-11-22)23-15-17-25(18-16-23)42-24-12-8-5-9-13-24/h4-13,15-18,21,26-27,29H,3,14,19-20H2,1-2H3,(H,35,36)(H,38,39)(H,40,41)/t21-,26+,27?,29?/m1/s1. The second kappa shape index (κ2) is 14.2. The molecule has 0 aliphatic carbocycles. The Morgan fingerprint density at radius 2 is 1.41 bits per heavy atom. The average molecular weight is 606 g/mol. The first-order valence-electron chi connectivity index (χ1n) is 14.3. The van der Waals surface area contributed by atoms with Gasteiger partial charge >= 0.3 is 23.7 Å². The van der Waals surface area contributed by atoms with Crippen molar-refractivity contribution >= 4 is 23.8 Å². The van der Waals surface area contributed by atoms with E-state index in [2.05, 4.69) is 0 Å². The first-order chi connectivity index (χ1) is 21.1. The number of carbonyl (C=O) groups excluding carboxylic acids is 1. The number of ether oxygens (including phenoxy) is 3. The lowest BCUT2D eigenvalue weighted by molar-refractivity contribution is -0.220. The number of amides is 1. The highest BCUT2D eigenvalue weighted by atomic mass is 16.8. The van der Waals surface area contributed by atoms with Crippen molar-refractivity contribution in [3.05, 3.63) is 96.1 Å². The number of aliphatic carboxylic acids is 3. The van der Waals surface area contributed by atoms with E-state index in [1.807, 2.05) is 72.8 Å². The van der Waals surface area contributed by atoms with Crippen molar-refractivity contribution in [2.75, 3.05) is 6.54 Å². The molecule has 232 valence electrons. The molecule has 4 atom stereocenters. The van der Waals surface area contributed by atoms with Gasteiger partial charge in [0.15, 0.2) is 6.10 Å². The molecule has 3 aromatic rings. The third kappa shape index (κ3) is 7.24. The van der Waals surface area contributed by atoms with Gasteiger partial charge in [0.25, 0.3) is 5.91 Å². The minimum absolute atomic E-state index is 0.0499. The fourth-order valence-corrected chi connectivity index (χ4v) is 5.37. The molecule has 1 heterocycles. The quantitative estimate of drug-likeness (QED) is 0.222. The first-order valence-corrected chi connectivity index (χ1v) is 14.3. The van der Waals surface area contributed by atoms with Gasteiger partial charge in [0.1, 0.15) is 18.0 Å². The highest BCUT2D eigenvalue weighted by molar-refractivity contribution is 6.01. The second-order valence-corrected chi connectivity index (χ2v) is 10.5. The van der Waals surface area contributed by atoms with Crippen molar-refractivity contribution in [1.29, 1.82) is 0 Å². The Kier molecular flexibility index (Phi) is 10.4. The Morgan fingerprint density at radius 1 is 0.841 bits per heavy atom. The first kappa shape index (κ1) is 32.2. The molecule has 2 unspecified atom stereocenters. The Balaban J connectivity index is 1.66. The van der Waals surface area contributed by atoms with Crippen LogP contribution in [0.5, 0.6) is 11.5 Å². The monoisotopic (exact) mass is 605 g/mol. The van der Waals surface area contributed by atoms with Crippen LogP contribution >= 0.6 is 0 Å². The summed E-state index contributed by atoms with van der Waals surface area (Å²) in [6, 6.07) is 25.5. The number of hydrogen-bond acceptors (Lipinski definition) is 7. The number of nitrogens with zero attached hydrogens (tertiary/aromatic N) is 1. The number of hydrogen-bond donors (Lipinski definition) is 3. The summed E-state index contributed by atoms with van der Waals surface area (Å²) in [5.74, 6) is -8.22. The predicted octanol–water partition coefficient (Wildman–Crippen LogP) is 4.56. The number of rotatable bonds is 14. The molecule has 1 amide bonds. The van der Waals surface area contributed by atoms with Gasteiger partial charge in [-0.15, -0.1) is 0 Å². The average Bonchev–Trinajstić information content (AvgIpc) is 3.43. The van der Waals surface area contributed by atoms with Crippen LogP contribution in [0.4, 0.5) is 0 Å². The third-order valence-electron chi connectivity index (χ3n) is 7.69. The molecule has 1 aliphatic rings. The van der Waals surface area contributed by atoms with Crippen molar-refractivity contribution in [1.82, 2.24) is 4.90 Å². The van der Waals surface area contributed by atoms with Gasteiger partial charge in [-0.3, -0.25) is 9.59 Å². The van der Waals surface area contributed by atoms with Gasteiger partial charge in [-0.25, -0.2) is 9.59 Å². The van der Waals surface area contributed by atoms with E-state index < -0.39 is 54.4 Å². The number of carboxylic acid groups (broad SMARTS) is 3. The van der Waals surface area contributed by atoms with E-state index in [9.17, 15) is 34.5 Å². The number of aryl methyl sites for hydroxylation is 1. The van der Waals surface area contributed by atoms with Gasteiger partial charge in [0, 0.05) is 12.0 Å². The number of carbonyl (C=O) groups is 4. The summed E-state index contributed by atoms with van der Waals surface area (Å²) in [7, 11) is 0. The van der Waals surface area contributed by atoms with Gasteiger partial charge in [-0.2, -0.15) is 0 Å². The predicted molar refractivity (Wildman–Crippen MR) is 157 cm³/mol. The zero-order valence-corrected chi connectivity index (χ0v) is 24.4. The van der Waals surface area contributed by atoms with Crippen LogP contribution in [-0.4, -0.2) is 74.6 Å². The molecule has 3 aromatic carbocycles. The molecule has 44 heavy (non-hydrogen) atoms. The molecule has 1 fully saturated rings. The van der Waals surface area contributed by atoms with E-state index in [4.69, 9.17) is 14.2 Å². The molecular weight excluding hydrogens is 570 g/mol. The molecule has 0 spiro atoms. The van der Waals surface area contributed by atoms with Crippen LogP contribution in [0.1, 0.15) is 43.7 Å². The minimum Gasteiger partial charge on any atom is -0.480 e. The molecule has 0 radical (unpaired) electrons. The topological polar surface area (TPSA) is 160 Å². The van der Waals surface area contributed by atoms with Crippen molar-refractivity contribution in [2.24, 2.45) is 0 Å². The minimum atomic E-state index is -3.08. The van der Waals surface area contributed by atoms with Gasteiger partial charge in [-0.1, -0.05) is 67.6 Å². The molecule has 0 saturated carbocycles. The number of benzene rings is 3. The van der Waals surface area contributed by atoms with E-state index in [1.165, 1.54) is 0 Å². The van der Waals surface area contributed by atoms with Crippen LogP contribution < -0.4 is 4.74 Å². The van der Waals surface area contributed by atoms with Crippen molar-refractivity contribution in [3.8, 4) is 11.5 Å². The van der Waals surface area contributed by atoms with Crippen molar-refractivity contribution in [3.63, 3.8) is 0 Å². The SMILES string of the molecule is CCC1OC(C(=O)O)(C(=O)O)OC1C(=O)N(CC(=O)O)[C@H](C)[C@H](CCc1ccccc1)c1ccc(Oc2ccccc2)cc1. The normalized spacial score (nSPS) is 18.6. The number of para-hydroxylation sites is 1. The lowest BCUT2D eigenvalue weighted by Gasteiger charge is -2.36. The lowest BCUT2D eigenvalue weighted by atomic mass is 9.85. The van der Waals surface area contributed by atoms with E-state index in [0.717, 1.165) is 16.0 Å². The molecule has 4 rings (SSSR count). The van der Waals surface area contributed by atoms with Crippen molar-refractivity contribution in [2.45, 2.75) is 63.1 Å². The Bertz CT molecular complexity index is 1430. The summed E-state index contributed by atoms with van der Waals surface area (Å²) in [5, 5.41) is 29.0. The second-order valence-electron chi connectivity index (χ2n) is 10.5. The molecule has 11 nitrogen and oxygen atoms in total. The third-order valence-corrected chi connectivity index (χ3v) is 7.69. The van der Waals surface area contributed by atoms with Crippen LogP contribution in [-0.2, 0) is 35.1 Å². The zero-order valence-electron chi connectivity index (χ0n) is 24.4. The summed E-state index contributed by atoms with van der Waals surface area (Å²) in [6.45, 7) is 2.57. The maximum absolute atomic E-state index is 13.9. The number of carboxylic acids is 3. The summed E-state index contributed by atoms with van der Waals surface area (Å²) >= 11 is 0. The molecule has 1 aliphatic heterocycles. The maximum Gasteiger partial charge on any atom is 0.377 e. The van der Waals surface area contributed by atoms with Crippen molar-refractivity contribution < 1.29 is 48.7 Å². The van der Waals surface area contributed by atoms with Crippen LogP contribution in [0.2, 0.25) is 0 Å². The summed E-state index contributed by atoms with van der Waals surface area (Å²) in [6.07, 6.45) is -1.68. The lowest BCUT2D eigenvalue weighted by Crippen LogP contribution is -2.52. The highest BCUT2D eigenvalue weighted by Gasteiger charge is 2.62. The summed E-state index contributed by atoms with van der Waals surface area (Å²) in [4.78, 5) is 50.8. The van der Waals surface area contributed by atoms with Crippen LogP contribution in [0.3, 0.4) is 0 Å². The zero-order chi connectivity index (χ0) is 31.9. The molecule has 0 bridgehead atoms. The molecule has 3 N–H and O–H groups in total. The van der Waals surface area contributed by atoms with Crippen LogP contribution in [0.15, 0.2) is 84.9 Å². The smallest absolute Gasteiger partial charge is 0.377 e. The van der Waals surface area contributed by atoms with E-state index in [-0.39, 0.29) is 12.3 Å². The van der Waals surface area contributed by atoms with E-state index >= 15 is 0 Å². The van der Waals surface area contributed by atoms with Crippen LogP contribution in [0.25, 0.3) is 0 Å². The maximum atomic E-state index is 13.9. The molecule has 0 aromatic heterocycles. The fraction of sp³-hybridized carbons (Fsp3) is 0.333. The molecule has 1 saturated heterocycles. The molecule has 11 heteroatoms. The Labute approximate surface area is 254 Å². The Morgan fingerprint density at radius 3 is 1.95 bits per heavy atom. The Hall–Kier alpha value is -4.74. The largest absolute Gasteiger partial charge is 0.480 e. The van der Waals surface area contributed by atoms with Gasteiger partial charge in [0.2, 0.25) is 0 Å². The van der Waals surface area contributed by atoms with E-state index in [0.29, 0.717) is 24.3 Å².